The number of carbonyl (C=O) groups is 1. The molecule has 1 unspecified atom stereocenters. The molecule has 0 heterocycles. The number of rotatable bonds is 7. The Kier molecular flexibility index (Phi) is 5.81. The van der Waals surface area contributed by atoms with Crippen molar-refractivity contribution >= 4 is 16.7 Å². The fourth-order valence-electron chi connectivity index (χ4n) is 2.94. The first-order valence-electron chi connectivity index (χ1n) is 8.73. The predicted molar refractivity (Wildman–Crippen MR) is 106 cm³/mol. The lowest BCUT2D eigenvalue weighted by molar-refractivity contribution is -0.123. The molecule has 0 radical (unpaired) electrons. The molecule has 3 aromatic carbocycles. The second-order valence-corrected chi connectivity index (χ2v) is 6.19. The number of methoxy groups -OCH3 is 2. The first-order chi connectivity index (χ1) is 13.1. The largest absolute Gasteiger partial charge is 0.497 e. The number of benzene rings is 3. The molecule has 0 spiro atoms. The summed E-state index contributed by atoms with van der Waals surface area (Å²) >= 11 is 0. The van der Waals surface area contributed by atoms with Crippen molar-refractivity contribution in [2.75, 3.05) is 20.8 Å². The molecule has 0 aliphatic heterocycles. The molecule has 0 saturated carbocycles. The first kappa shape index (κ1) is 18.6. The van der Waals surface area contributed by atoms with E-state index in [0.717, 1.165) is 16.3 Å². The second kappa shape index (κ2) is 8.45. The highest BCUT2D eigenvalue weighted by Gasteiger charge is 2.15. The Hall–Kier alpha value is -3.21. The minimum Gasteiger partial charge on any atom is -0.497 e. The Morgan fingerprint density at radius 2 is 1.67 bits per heavy atom. The van der Waals surface area contributed by atoms with Gasteiger partial charge in [0, 0.05) is 11.6 Å². The van der Waals surface area contributed by atoms with Gasteiger partial charge in [-0.15, -0.1) is 0 Å². The summed E-state index contributed by atoms with van der Waals surface area (Å²) in [6.45, 7) is 1.85. The zero-order valence-corrected chi connectivity index (χ0v) is 15.7. The van der Waals surface area contributed by atoms with E-state index in [1.54, 1.807) is 20.3 Å². The minimum atomic E-state index is -0.224. The van der Waals surface area contributed by atoms with Crippen LogP contribution in [0.4, 0.5) is 0 Å². The van der Waals surface area contributed by atoms with Crippen molar-refractivity contribution in [1.82, 2.24) is 5.32 Å². The average Bonchev–Trinajstić information content (AvgIpc) is 2.71. The monoisotopic (exact) mass is 365 g/mol. The van der Waals surface area contributed by atoms with Gasteiger partial charge in [-0.25, -0.2) is 0 Å². The van der Waals surface area contributed by atoms with Gasteiger partial charge in [-0.2, -0.15) is 0 Å². The third kappa shape index (κ3) is 4.50. The van der Waals surface area contributed by atoms with Crippen LogP contribution in [0.15, 0.2) is 60.7 Å². The highest BCUT2D eigenvalue weighted by atomic mass is 16.5. The van der Waals surface area contributed by atoms with Crippen molar-refractivity contribution in [3.05, 3.63) is 66.2 Å². The molecule has 0 fully saturated rings. The van der Waals surface area contributed by atoms with E-state index in [2.05, 4.69) is 5.32 Å². The van der Waals surface area contributed by atoms with E-state index in [-0.39, 0.29) is 18.6 Å². The highest BCUT2D eigenvalue weighted by Crippen LogP contribution is 2.29. The molecule has 5 heteroatoms. The quantitative estimate of drug-likeness (QED) is 0.684. The smallest absolute Gasteiger partial charge is 0.258 e. The van der Waals surface area contributed by atoms with Crippen LogP contribution in [-0.2, 0) is 4.79 Å². The van der Waals surface area contributed by atoms with Gasteiger partial charge in [-0.1, -0.05) is 30.3 Å². The Balaban J connectivity index is 1.61. The summed E-state index contributed by atoms with van der Waals surface area (Å²) in [5, 5.41) is 5.14. The summed E-state index contributed by atoms with van der Waals surface area (Å²) in [4.78, 5) is 12.3. The van der Waals surface area contributed by atoms with Crippen molar-refractivity contribution in [1.29, 1.82) is 0 Å². The van der Waals surface area contributed by atoms with E-state index in [0.29, 0.717) is 17.2 Å². The number of amides is 1. The van der Waals surface area contributed by atoms with Gasteiger partial charge in [-0.3, -0.25) is 4.79 Å². The molecule has 0 bridgehead atoms. The van der Waals surface area contributed by atoms with E-state index in [4.69, 9.17) is 14.2 Å². The molecule has 1 atom stereocenters. The summed E-state index contributed by atoms with van der Waals surface area (Å²) in [6.07, 6.45) is 0. The lowest BCUT2D eigenvalue weighted by Gasteiger charge is -2.18. The van der Waals surface area contributed by atoms with E-state index in [9.17, 15) is 4.79 Å². The van der Waals surface area contributed by atoms with Crippen LogP contribution in [-0.4, -0.2) is 26.7 Å². The molecule has 3 aromatic rings. The van der Waals surface area contributed by atoms with Crippen LogP contribution < -0.4 is 19.5 Å². The highest BCUT2D eigenvalue weighted by molar-refractivity contribution is 5.84. The van der Waals surface area contributed by atoms with E-state index >= 15 is 0 Å². The molecule has 3 rings (SSSR count). The third-order valence-corrected chi connectivity index (χ3v) is 4.38. The average molecular weight is 365 g/mol. The van der Waals surface area contributed by atoms with Crippen molar-refractivity contribution in [3.8, 4) is 17.2 Å². The lowest BCUT2D eigenvalue weighted by atomic mass is 10.1. The van der Waals surface area contributed by atoms with Crippen LogP contribution in [0, 0.1) is 0 Å². The van der Waals surface area contributed by atoms with Crippen LogP contribution in [0.2, 0.25) is 0 Å². The molecule has 1 N–H and O–H groups in total. The van der Waals surface area contributed by atoms with Crippen LogP contribution in [0.1, 0.15) is 18.5 Å². The second-order valence-electron chi connectivity index (χ2n) is 6.19. The summed E-state index contributed by atoms with van der Waals surface area (Å²) < 4.78 is 16.2. The van der Waals surface area contributed by atoms with Gasteiger partial charge in [0.05, 0.1) is 20.3 Å². The molecule has 5 nitrogen and oxygen atoms in total. The van der Waals surface area contributed by atoms with Crippen LogP contribution in [0.5, 0.6) is 17.2 Å². The zero-order valence-electron chi connectivity index (χ0n) is 15.7. The van der Waals surface area contributed by atoms with Gasteiger partial charge in [0.25, 0.3) is 5.91 Å². The topological polar surface area (TPSA) is 56.8 Å². The van der Waals surface area contributed by atoms with Crippen molar-refractivity contribution in [2.45, 2.75) is 13.0 Å². The fraction of sp³-hybridized carbons (Fsp3) is 0.227. The van der Waals surface area contributed by atoms with Crippen LogP contribution >= 0.6 is 0 Å². The van der Waals surface area contributed by atoms with Gasteiger partial charge < -0.3 is 19.5 Å². The van der Waals surface area contributed by atoms with E-state index in [1.807, 2.05) is 61.5 Å². The summed E-state index contributed by atoms with van der Waals surface area (Å²) in [5.74, 6) is 1.83. The van der Waals surface area contributed by atoms with E-state index < -0.39 is 0 Å². The maximum absolute atomic E-state index is 12.3. The van der Waals surface area contributed by atoms with Gasteiger partial charge in [0.2, 0.25) is 0 Å². The molecule has 0 saturated heterocycles. The fourth-order valence-corrected chi connectivity index (χ4v) is 2.94. The van der Waals surface area contributed by atoms with Gasteiger partial charge >= 0.3 is 0 Å². The third-order valence-electron chi connectivity index (χ3n) is 4.38. The van der Waals surface area contributed by atoms with Gasteiger partial charge in [0.1, 0.15) is 17.2 Å². The number of ether oxygens (including phenoxy) is 3. The number of fused-ring (bicyclic) bond motifs is 1. The SMILES string of the molecule is COc1ccc(C(C)NC(=O)COc2ccc3ccccc3c2)c(OC)c1. The van der Waals surface area contributed by atoms with Gasteiger partial charge in [-0.05, 0) is 42.0 Å². The Morgan fingerprint density at radius 1 is 0.926 bits per heavy atom. The molecular weight excluding hydrogens is 342 g/mol. The number of carbonyl (C=O) groups excluding carboxylic acids is 1. The van der Waals surface area contributed by atoms with Gasteiger partial charge in [0.15, 0.2) is 6.61 Å². The molecule has 0 aliphatic carbocycles. The molecular formula is C22H23NO4. The Labute approximate surface area is 158 Å². The number of nitrogens with one attached hydrogen (secondary N) is 1. The van der Waals surface area contributed by atoms with E-state index in [1.165, 1.54) is 0 Å². The maximum Gasteiger partial charge on any atom is 0.258 e. The molecule has 27 heavy (non-hydrogen) atoms. The maximum atomic E-state index is 12.3. The standard InChI is InChI=1S/C22H23NO4/c1-15(20-11-10-18(25-2)13-21(20)26-3)23-22(24)14-27-19-9-8-16-6-4-5-7-17(16)12-19/h4-13,15H,14H2,1-3H3,(H,23,24). The van der Waals surface area contributed by atoms with Crippen molar-refractivity contribution in [2.24, 2.45) is 0 Å². The van der Waals surface area contributed by atoms with Crippen LogP contribution in [0.3, 0.4) is 0 Å². The van der Waals surface area contributed by atoms with Crippen LogP contribution in [0.25, 0.3) is 10.8 Å². The minimum absolute atomic E-state index is 0.0544. The molecule has 1 amide bonds. The zero-order chi connectivity index (χ0) is 19.2. The molecule has 0 aliphatic rings. The summed E-state index contributed by atoms with van der Waals surface area (Å²) in [7, 11) is 3.19. The van der Waals surface area contributed by atoms with Crippen molar-refractivity contribution < 1.29 is 19.0 Å². The lowest BCUT2D eigenvalue weighted by Crippen LogP contribution is -2.31. The first-order valence-corrected chi connectivity index (χ1v) is 8.73. The number of hydrogen-bond donors (Lipinski definition) is 1. The molecule has 0 aromatic heterocycles. The summed E-state index contributed by atoms with van der Waals surface area (Å²) in [5.41, 5.74) is 0.873. The Bertz CT molecular complexity index is 938. The molecule has 140 valence electrons. The normalized spacial score (nSPS) is 11.7. The van der Waals surface area contributed by atoms with Crippen molar-refractivity contribution in [3.63, 3.8) is 0 Å². The summed E-state index contributed by atoms with van der Waals surface area (Å²) in [6, 6.07) is 19.1. The predicted octanol–water partition coefficient (Wildman–Crippen LogP) is 4.11. The number of hydrogen-bond acceptors (Lipinski definition) is 4. The Morgan fingerprint density at radius 3 is 2.41 bits per heavy atom.